The largest absolute Gasteiger partial charge is 0.436 e. The summed E-state index contributed by atoms with van der Waals surface area (Å²) in [7, 11) is 0.159. The van der Waals surface area contributed by atoms with Gasteiger partial charge in [0.15, 0.2) is 0 Å². The highest BCUT2D eigenvalue weighted by atomic mass is 35.7. The van der Waals surface area contributed by atoms with Gasteiger partial charge in [0.2, 0.25) is 0 Å². The van der Waals surface area contributed by atoms with Gasteiger partial charge in [-0.2, -0.15) is 0 Å². The molecule has 1 aromatic rings. The van der Waals surface area contributed by atoms with Crippen LogP contribution < -0.4 is 4.52 Å². The SMILES string of the molecule is CC.CCOC.O=CCOP(Cl)Oc1ccccc1. The average Bonchev–Trinajstić information content (AvgIpc) is 2.48. The number of aldehydes is 1. The van der Waals surface area contributed by atoms with Gasteiger partial charge in [-0.3, -0.25) is 0 Å². The van der Waals surface area contributed by atoms with Gasteiger partial charge in [-0.15, -0.1) is 0 Å². The Bertz CT molecular complexity index is 283. The molecule has 4 nitrogen and oxygen atoms in total. The quantitative estimate of drug-likeness (QED) is 0.576. The Balaban J connectivity index is 0. The maximum Gasteiger partial charge on any atom is 0.338 e. The van der Waals surface area contributed by atoms with Crippen molar-refractivity contribution in [2.75, 3.05) is 20.3 Å². The molecule has 0 N–H and O–H groups in total. The molecule has 6 heteroatoms. The number of ether oxygens (including phenoxy) is 1. The van der Waals surface area contributed by atoms with Crippen LogP contribution in [0, 0.1) is 0 Å². The summed E-state index contributed by atoms with van der Waals surface area (Å²) < 4.78 is 14.5. The van der Waals surface area contributed by atoms with Crippen molar-refractivity contribution in [1.82, 2.24) is 0 Å². The predicted octanol–water partition coefficient (Wildman–Crippen LogP) is 4.43. The third-order valence-corrected chi connectivity index (χ3v) is 2.66. The average molecular weight is 309 g/mol. The van der Waals surface area contributed by atoms with Crippen molar-refractivity contribution in [2.45, 2.75) is 20.8 Å². The highest BCUT2D eigenvalue weighted by molar-refractivity contribution is 7.76. The summed E-state index contributed by atoms with van der Waals surface area (Å²) in [6.07, 6.45) is 0.631. The zero-order valence-electron chi connectivity index (χ0n) is 11.8. The van der Waals surface area contributed by atoms with E-state index in [0.717, 1.165) is 6.61 Å². The van der Waals surface area contributed by atoms with Gasteiger partial charge in [0.1, 0.15) is 18.6 Å². The zero-order valence-corrected chi connectivity index (χ0v) is 13.5. The highest BCUT2D eigenvalue weighted by Crippen LogP contribution is 2.43. The molecule has 0 heterocycles. The summed E-state index contributed by atoms with van der Waals surface area (Å²) in [5.41, 5.74) is 0. The molecule has 0 aliphatic rings. The van der Waals surface area contributed by atoms with Crippen LogP contribution in [0.4, 0.5) is 0 Å². The third-order valence-electron chi connectivity index (χ3n) is 1.45. The van der Waals surface area contributed by atoms with Crippen molar-refractivity contribution < 1.29 is 18.6 Å². The number of methoxy groups -OCH3 is 1. The van der Waals surface area contributed by atoms with Crippen molar-refractivity contribution >= 4 is 25.3 Å². The fourth-order valence-electron chi connectivity index (χ4n) is 0.680. The summed E-state index contributed by atoms with van der Waals surface area (Å²) in [4.78, 5) is 9.93. The van der Waals surface area contributed by atoms with Crippen LogP contribution in [0.15, 0.2) is 30.3 Å². The van der Waals surface area contributed by atoms with Crippen LogP contribution >= 0.6 is 19.0 Å². The first-order valence-corrected chi connectivity index (χ1v) is 8.07. The van der Waals surface area contributed by atoms with E-state index < -0.39 is 7.73 Å². The van der Waals surface area contributed by atoms with Crippen LogP contribution in [0.1, 0.15) is 20.8 Å². The first-order valence-electron chi connectivity index (χ1n) is 5.99. The molecule has 0 bridgehead atoms. The number of carbonyl (C=O) groups is 1. The third kappa shape index (κ3) is 15.3. The smallest absolute Gasteiger partial charge is 0.338 e. The van der Waals surface area contributed by atoms with Gasteiger partial charge in [0, 0.05) is 13.7 Å². The topological polar surface area (TPSA) is 44.8 Å². The number of rotatable bonds is 6. The van der Waals surface area contributed by atoms with E-state index in [9.17, 15) is 4.79 Å². The van der Waals surface area contributed by atoms with Crippen LogP contribution in [0.5, 0.6) is 5.75 Å². The summed E-state index contributed by atoms with van der Waals surface area (Å²) >= 11 is 5.66. The lowest BCUT2D eigenvalue weighted by atomic mass is 10.3. The fourth-order valence-corrected chi connectivity index (χ4v) is 1.61. The lowest BCUT2D eigenvalue weighted by Gasteiger charge is -2.08. The van der Waals surface area contributed by atoms with Gasteiger partial charge >= 0.3 is 7.73 Å². The van der Waals surface area contributed by atoms with E-state index >= 15 is 0 Å². The molecule has 0 saturated heterocycles. The molecule has 0 amide bonds. The maximum absolute atomic E-state index is 9.93. The number of hydrogen-bond acceptors (Lipinski definition) is 4. The molecule has 0 radical (unpaired) electrons. The van der Waals surface area contributed by atoms with E-state index in [1.54, 1.807) is 19.2 Å². The molecular weight excluding hydrogens is 287 g/mol. The Morgan fingerprint density at radius 2 is 1.79 bits per heavy atom. The fraction of sp³-hybridized carbons (Fsp3) is 0.462. The minimum absolute atomic E-state index is 0.0396. The van der Waals surface area contributed by atoms with Gasteiger partial charge in [0.05, 0.1) is 0 Å². The summed E-state index contributed by atoms with van der Waals surface area (Å²) in [5, 5.41) is 0. The molecule has 0 aromatic heterocycles. The standard InChI is InChI=1S/C8H8ClO3P.C3H8O.C2H6/c9-13(11-7-6-10)12-8-4-2-1-3-5-8;1-3-4-2;1-2/h1-6H,7H2;3H2,1-2H3;1-2H3. The van der Waals surface area contributed by atoms with E-state index in [4.69, 9.17) is 20.3 Å². The predicted molar refractivity (Wildman–Crippen MR) is 80.8 cm³/mol. The summed E-state index contributed by atoms with van der Waals surface area (Å²) in [6, 6.07) is 9.06. The highest BCUT2D eigenvalue weighted by Gasteiger charge is 2.07. The zero-order chi connectivity index (χ0) is 14.9. The van der Waals surface area contributed by atoms with E-state index in [0.29, 0.717) is 12.0 Å². The molecule has 0 aliphatic heterocycles. The van der Waals surface area contributed by atoms with Crippen LogP contribution in [0.25, 0.3) is 0 Å². The van der Waals surface area contributed by atoms with Gasteiger partial charge in [-0.1, -0.05) is 32.0 Å². The Kier molecular flexibility index (Phi) is 18.8. The Labute approximate surface area is 121 Å². The lowest BCUT2D eigenvalue weighted by molar-refractivity contribution is -0.109. The molecule has 0 spiro atoms. The second-order valence-corrected chi connectivity index (χ2v) is 4.35. The van der Waals surface area contributed by atoms with Crippen LogP contribution in [0.2, 0.25) is 0 Å². The molecular formula is C13H22ClO4P. The van der Waals surface area contributed by atoms with Gasteiger partial charge in [-0.25, -0.2) is 0 Å². The van der Waals surface area contributed by atoms with Crippen molar-refractivity contribution in [3.8, 4) is 5.75 Å². The summed E-state index contributed by atoms with van der Waals surface area (Å²) in [5.74, 6) is 0.634. The normalized spacial score (nSPS) is 10.2. The summed E-state index contributed by atoms with van der Waals surface area (Å²) in [6.45, 7) is 6.74. The Hall–Kier alpha value is -0.670. The van der Waals surface area contributed by atoms with Crippen LogP contribution in [-0.2, 0) is 14.1 Å². The second kappa shape index (κ2) is 17.3. The number of para-hydroxylation sites is 1. The second-order valence-electron chi connectivity index (χ2n) is 2.66. The molecule has 1 rings (SSSR count). The molecule has 1 aromatic carbocycles. The van der Waals surface area contributed by atoms with Crippen molar-refractivity contribution in [3.63, 3.8) is 0 Å². The molecule has 1 unspecified atom stereocenters. The number of carbonyl (C=O) groups excluding carboxylic acids is 1. The molecule has 19 heavy (non-hydrogen) atoms. The van der Waals surface area contributed by atoms with E-state index in [2.05, 4.69) is 4.74 Å². The monoisotopic (exact) mass is 308 g/mol. The van der Waals surface area contributed by atoms with Crippen LogP contribution in [-0.4, -0.2) is 26.6 Å². The molecule has 110 valence electrons. The van der Waals surface area contributed by atoms with Crippen LogP contribution in [0.3, 0.4) is 0 Å². The molecule has 0 aliphatic carbocycles. The van der Waals surface area contributed by atoms with E-state index in [1.165, 1.54) is 0 Å². The molecule has 0 fully saturated rings. The van der Waals surface area contributed by atoms with Gasteiger partial charge in [-0.05, 0) is 30.3 Å². The number of halogens is 1. The maximum atomic E-state index is 9.93. The Morgan fingerprint density at radius 1 is 1.26 bits per heavy atom. The van der Waals surface area contributed by atoms with Gasteiger partial charge < -0.3 is 18.6 Å². The number of benzene rings is 1. The minimum atomic E-state index is -1.52. The molecule has 1 atom stereocenters. The van der Waals surface area contributed by atoms with E-state index in [-0.39, 0.29) is 6.61 Å². The van der Waals surface area contributed by atoms with Gasteiger partial charge in [0.25, 0.3) is 0 Å². The minimum Gasteiger partial charge on any atom is -0.436 e. The molecule has 0 saturated carbocycles. The lowest BCUT2D eigenvalue weighted by Crippen LogP contribution is -1.91. The first kappa shape index (κ1) is 20.6. The van der Waals surface area contributed by atoms with Crippen molar-refractivity contribution in [1.29, 1.82) is 0 Å². The van der Waals surface area contributed by atoms with Crippen molar-refractivity contribution in [3.05, 3.63) is 30.3 Å². The van der Waals surface area contributed by atoms with Crippen molar-refractivity contribution in [2.24, 2.45) is 0 Å². The first-order chi connectivity index (χ1) is 9.24. The number of hydrogen-bond donors (Lipinski definition) is 0. The van der Waals surface area contributed by atoms with E-state index in [1.807, 2.05) is 39.0 Å². The Morgan fingerprint density at radius 3 is 2.21 bits per heavy atom.